The van der Waals surface area contributed by atoms with Crippen molar-refractivity contribution in [3.8, 4) is 0 Å². The molecule has 1 aromatic carbocycles. The third-order valence-electron chi connectivity index (χ3n) is 2.51. The first-order valence-electron chi connectivity index (χ1n) is 5.35. The van der Waals surface area contributed by atoms with Gasteiger partial charge in [-0.05, 0) is 37.1 Å². The maximum Gasteiger partial charge on any atom is 0.747 e. The number of aliphatic hydroxyl groups excluding tert-OH is 1. The van der Waals surface area contributed by atoms with Crippen molar-refractivity contribution < 1.29 is 19.1 Å². The summed E-state index contributed by atoms with van der Waals surface area (Å²) in [6.45, 7) is 4.07. The highest BCUT2D eigenvalue weighted by molar-refractivity contribution is 7.32. The molecular formula is C11H14N2O4P+. The Morgan fingerprint density at radius 1 is 1.33 bits per heavy atom. The van der Waals surface area contributed by atoms with E-state index in [4.69, 9.17) is 4.89 Å². The van der Waals surface area contributed by atoms with Gasteiger partial charge in [0, 0.05) is 4.57 Å². The van der Waals surface area contributed by atoms with Crippen LogP contribution in [0.1, 0.15) is 11.1 Å². The van der Waals surface area contributed by atoms with Crippen LogP contribution in [0.25, 0.3) is 0 Å². The summed E-state index contributed by atoms with van der Waals surface area (Å²) >= 11 is 0. The molecule has 0 saturated heterocycles. The van der Waals surface area contributed by atoms with Crippen molar-refractivity contribution in [2.75, 3.05) is 11.6 Å². The van der Waals surface area contributed by atoms with Gasteiger partial charge in [-0.2, -0.15) is 0 Å². The lowest BCUT2D eigenvalue weighted by atomic mass is 10.1. The molecule has 1 unspecified atom stereocenters. The van der Waals surface area contributed by atoms with Gasteiger partial charge < -0.3 is 5.11 Å². The Bertz CT molecular complexity index is 510. The Morgan fingerprint density at radius 2 is 1.94 bits per heavy atom. The normalized spacial score (nSPS) is 16.2. The minimum atomic E-state index is -2.77. The van der Waals surface area contributed by atoms with Gasteiger partial charge in [-0.25, -0.2) is 15.0 Å². The Balaban J connectivity index is 2.30. The number of rotatable bonds is 3. The molecule has 96 valence electrons. The molecule has 3 N–H and O–H groups in total. The highest BCUT2D eigenvalue weighted by Crippen LogP contribution is 2.29. The van der Waals surface area contributed by atoms with E-state index in [0.29, 0.717) is 0 Å². The maximum absolute atomic E-state index is 10.6. The van der Waals surface area contributed by atoms with Gasteiger partial charge >= 0.3 is 8.25 Å². The predicted octanol–water partition coefficient (Wildman–Crippen LogP) is 2.02. The van der Waals surface area contributed by atoms with Crippen LogP contribution < -0.4 is 10.4 Å². The van der Waals surface area contributed by atoms with Gasteiger partial charge in [-0.15, -0.1) is 4.89 Å². The minimum absolute atomic E-state index is 0.0535. The molecule has 7 heteroatoms. The molecule has 1 aromatic rings. The fourth-order valence-corrected chi connectivity index (χ4v) is 2.22. The molecule has 0 saturated carbocycles. The van der Waals surface area contributed by atoms with Crippen LogP contribution in [-0.2, 0) is 9.09 Å². The molecule has 1 atom stereocenters. The summed E-state index contributed by atoms with van der Waals surface area (Å²) in [6, 6.07) is 5.79. The average molecular weight is 269 g/mol. The lowest BCUT2D eigenvalue weighted by molar-refractivity contribution is 0.316. The molecule has 0 aliphatic carbocycles. The first-order chi connectivity index (χ1) is 8.47. The van der Waals surface area contributed by atoms with E-state index in [2.05, 4.69) is 9.95 Å². The van der Waals surface area contributed by atoms with E-state index in [1.165, 1.54) is 5.01 Å². The fourth-order valence-electron chi connectivity index (χ4n) is 1.89. The number of nitrogens with one attached hydrogen (secondary N) is 1. The zero-order valence-electron chi connectivity index (χ0n) is 10.0. The number of hydrogen-bond donors (Lipinski definition) is 3. The highest BCUT2D eigenvalue weighted by Gasteiger charge is 2.31. The number of hydrazine groups is 1. The molecule has 0 radical (unpaired) electrons. The summed E-state index contributed by atoms with van der Waals surface area (Å²) in [7, 11) is -2.77. The van der Waals surface area contributed by atoms with Crippen LogP contribution in [0.2, 0.25) is 0 Å². The lowest BCUT2D eigenvalue weighted by Gasteiger charge is -2.18. The van der Waals surface area contributed by atoms with Crippen LogP contribution in [-0.4, -0.2) is 16.5 Å². The third kappa shape index (κ3) is 2.61. The Labute approximate surface area is 105 Å². The Morgan fingerprint density at radius 3 is 2.50 bits per heavy atom. The van der Waals surface area contributed by atoms with Gasteiger partial charge in [0.25, 0.3) is 5.88 Å². The smallest absolute Gasteiger partial charge is 0.491 e. The first kappa shape index (κ1) is 12.8. The second-order valence-electron chi connectivity index (χ2n) is 4.09. The van der Waals surface area contributed by atoms with Gasteiger partial charge in [0.2, 0.25) is 5.76 Å². The largest absolute Gasteiger partial charge is 0.747 e. The van der Waals surface area contributed by atoms with Crippen LogP contribution in [0, 0.1) is 13.8 Å². The van der Waals surface area contributed by atoms with E-state index in [1.54, 1.807) is 0 Å². The molecule has 6 nitrogen and oxygen atoms in total. The van der Waals surface area contributed by atoms with E-state index < -0.39 is 8.25 Å². The average Bonchev–Trinajstić information content (AvgIpc) is 2.58. The topological polar surface area (TPSA) is 82.0 Å². The van der Waals surface area contributed by atoms with Crippen molar-refractivity contribution in [1.82, 2.24) is 5.43 Å². The van der Waals surface area contributed by atoms with Gasteiger partial charge in [-0.1, -0.05) is 6.07 Å². The van der Waals surface area contributed by atoms with Crippen molar-refractivity contribution in [2.24, 2.45) is 0 Å². The van der Waals surface area contributed by atoms with Crippen molar-refractivity contribution in [1.29, 1.82) is 0 Å². The second kappa shape index (κ2) is 4.94. The summed E-state index contributed by atoms with van der Waals surface area (Å²) in [5.41, 5.74) is 5.74. The first-order valence-corrected chi connectivity index (χ1v) is 6.48. The van der Waals surface area contributed by atoms with Crippen molar-refractivity contribution >= 4 is 13.9 Å². The zero-order chi connectivity index (χ0) is 13.3. The Kier molecular flexibility index (Phi) is 3.52. The highest BCUT2D eigenvalue weighted by atomic mass is 31.1. The quantitative estimate of drug-likeness (QED) is 0.728. The molecule has 1 aliphatic rings. The Hall–Kier alpha value is -1.62. The summed E-state index contributed by atoms with van der Waals surface area (Å²) in [4.78, 5) is 8.67. The third-order valence-corrected chi connectivity index (χ3v) is 2.89. The van der Waals surface area contributed by atoms with Crippen LogP contribution in [0.15, 0.2) is 29.8 Å². The SMILES string of the molecule is Cc1cc(C)cc(N2NCC(O[P+](=O)O)=C2O)c1. The standard InChI is InChI=1S/C11H13N2O4P/c1-7-3-8(2)5-9(4-7)13-11(14)10(6-12-13)17-18(15)16/h3-5,12H,6H2,1-2H3,(H-,14,15,16)/p+1. The predicted molar refractivity (Wildman–Crippen MR) is 67.0 cm³/mol. The molecule has 2 rings (SSSR count). The van der Waals surface area contributed by atoms with Crippen LogP contribution in [0.4, 0.5) is 5.69 Å². The van der Waals surface area contributed by atoms with E-state index in [9.17, 15) is 9.67 Å². The van der Waals surface area contributed by atoms with Crippen molar-refractivity contribution in [3.63, 3.8) is 0 Å². The summed E-state index contributed by atoms with van der Waals surface area (Å²) in [5, 5.41) is 11.3. The van der Waals surface area contributed by atoms with Gasteiger partial charge in [0.1, 0.15) is 0 Å². The number of benzene rings is 1. The molecule has 0 aromatic heterocycles. The molecule has 0 bridgehead atoms. The maximum atomic E-state index is 10.6. The summed E-state index contributed by atoms with van der Waals surface area (Å²) in [6.07, 6.45) is 0. The number of hydrogen-bond acceptors (Lipinski definition) is 5. The van der Waals surface area contributed by atoms with Gasteiger partial charge in [0.15, 0.2) is 0 Å². The van der Waals surface area contributed by atoms with E-state index >= 15 is 0 Å². The molecule has 1 heterocycles. The second-order valence-corrected chi connectivity index (χ2v) is 4.75. The van der Waals surface area contributed by atoms with E-state index in [1.807, 2.05) is 32.0 Å². The molecule has 1 aliphatic heterocycles. The van der Waals surface area contributed by atoms with E-state index in [0.717, 1.165) is 16.8 Å². The molecule has 0 amide bonds. The summed E-state index contributed by atoms with van der Waals surface area (Å²) in [5.74, 6) is -0.143. The zero-order valence-corrected chi connectivity index (χ0v) is 10.9. The number of nitrogens with zero attached hydrogens (tertiary/aromatic N) is 1. The van der Waals surface area contributed by atoms with Crippen LogP contribution in [0.5, 0.6) is 0 Å². The van der Waals surface area contributed by atoms with Gasteiger partial charge in [0.05, 0.1) is 12.2 Å². The van der Waals surface area contributed by atoms with Crippen molar-refractivity contribution in [2.45, 2.75) is 13.8 Å². The van der Waals surface area contributed by atoms with Crippen LogP contribution in [0.3, 0.4) is 0 Å². The van der Waals surface area contributed by atoms with Crippen molar-refractivity contribution in [3.05, 3.63) is 41.0 Å². The number of aliphatic hydroxyl groups is 1. The number of anilines is 1. The molecule has 18 heavy (non-hydrogen) atoms. The molecule has 0 fully saturated rings. The molecule has 0 spiro atoms. The summed E-state index contributed by atoms with van der Waals surface area (Å²) < 4.78 is 15.2. The van der Waals surface area contributed by atoms with E-state index in [-0.39, 0.29) is 18.2 Å². The minimum Gasteiger partial charge on any atom is -0.491 e. The number of aryl methyl sites for hydroxylation is 2. The van der Waals surface area contributed by atoms with Crippen LogP contribution >= 0.6 is 8.25 Å². The fraction of sp³-hybridized carbons (Fsp3) is 0.273. The van der Waals surface area contributed by atoms with Gasteiger partial charge in [-0.3, -0.25) is 0 Å². The monoisotopic (exact) mass is 269 g/mol. The lowest BCUT2D eigenvalue weighted by Crippen LogP contribution is -2.31. The molecular weight excluding hydrogens is 255 g/mol.